The van der Waals surface area contributed by atoms with Crippen LogP contribution in [0.25, 0.3) is 0 Å². The Hall–Kier alpha value is -1.38. The van der Waals surface area contributed by atoms with E-state index in [0.717, 1.165) is 43.4 Å². The Balaban J connectivity index is 1.32. The van der Waals surface area contributed by atoms with Crippen LogP contribution in [0.15, 0.2) is 12.4 Å². The van der Waals surface area contributed by atoms with E-state index < -0.39 is 11.2 Å². The van der Waals surface area contributed by atoms with Crippen molar-refractivity contribution in [1.82, 2.24) is 9.78 Å². The quantitative estimate of drug-likeness (QED) is 0.698. The van der Waals surface area contributed by atoms with Gasteiger partial charge in [-0.25, -0.2) is 0 Å². The van der Waals surface area contributed by atoms with Crippen LogP contribution < -0.4 is 0 Å². The molecule has 9 atom stereocenters. The first-order valence-electron chi connectivity index (χ1n) is 13.1. The van der Waals surface area contributed by atoms with Crippen molar-refractivity contribution in [2.24, 2.45) is 40.9 Å². The van der Waals surface area contributed by atoms with Gasteiger partial charge in [0.1, 0.15) is 6.07 Å². The van der Waals surface area contributed by atoms with Gasteiger partial charge in [0.25, 0.3) is 0 Å². The fourth-order valence-corrected chi connectivity index (χ4v) is 9.25. The highest BCUT2D eigenvalue weighted by atomic mass is 16.3. The smallest absolute Gasteiger partial charge is 0.102 e. The standard InChI is InChI=1S/C27H41N3O2/c1-4-27(32)12-10-20-19(13-27)5-6-22-21(20)9-11-25(2)23(22)7-8-24(25)26(3,31)17-30-16-18(14-28)15-29-30/h15-16,19-24,31-32H,4-13,17H2,1-3H3/t19-,20+,21-,22-,23+,24+,25+,26+,27-/m1/s1. The zero-order valence-electron chi connectivity index (χ0n) is 20.1. The topological polar surface area (TPSA) is 82.1 Å². The van der Waals surface area contributed by atoms with Crippen molar-refractivity contribution in [3.63, 3.8) is 0 Å². The number of aliphatic hydroxyl groups is 2. The Labute approximate surface area is 193 Å². The summed E-state index contributed by atoms with van der Waals surface area (Å²) in [7, 11) is 0. The molecule has 2 N–H and O–H groups in total. The molecule has 0 radical (unpaired) electrons. The Morgan fingerprint density at radius 3 is 2.66 bits per heavy atom. The number of hydrogen-bond acceptors (Lipinski definition) is 4. The molecule has 176 valence electrons. The summed E-state index contributed by atoms with van der Waals surface area (Å²) in [6.07, 6.45) is 14.9. The maximum Gasteiger partial charge on any atom is 0.102 e. The van der Waals surface area contributed by atoms with E-state index in [1.165, 1.54) is 38.5 Å². The Morgan fingerprint density at radius 2 is 1.94 bits per heavy atom. The fourth-order valence-electron chi connectivity index (χ4n) is 9.25. The van der Waals surface area contributed by atoms with E-state index in [0.29, 0.717) is 23.9 Å². The Kier molecular flexibility index (Phi) is 5.49. The average Bonchev–Trinajstić information content (AvgIpc) is 3.36. The van der Waals surface area contributed by atoms with Gasteiger partial charge in [-0.3, -0.25) is 4.68 Å². The monoisotopic (exact) mass is 439 g/mol. The highest BCUT2D eigenvalue weighted by Crippen LogP contribution is 2.66. The highest BCUT2D eigenvalue weighted by molar-refractivity contribution is 5.21. The molecule has 0 amide bonds. The SMILES string of the molecule is CC[C@@]1(O)CC[C@H]2[C@H](CC[C@@H]3[C@@H]2CC[C@@]2(C)[C@H]3CC[C@@H]2[C@@](C)(O)Cn2cc(C#N)cn2)C1. The molecular weight excluding hydrogens is 398 g/mol. The predicted molar refractivity (Wildman–Crippen MR) is 123 cm³/mol. The molecule has 0 saturated heterocycles. The molecule has 0 spiro atoms. The number of nitrogens with zero attached hydrogens (tertiary/aromatic N) is 3. The minimum Gasteiger partial charge on any atom is -0.390 e. The van der Waals surface area contributed by atoms with Crippen molar-refractivity contribution < 1.29 is 10.2 Å². The van der Waals surface area contributed by atoms with E-state index in [1.807, 2.05) is 6.92 Å². The van der Waals surface area contributed by atoms with Crippen molar-refractivity contribution >= 4 is 0 Å². The van der Waals surface area contributed by atoms with Crippen LogP contribution in [0.4, 0.5) is 0 Å². The van der Waals surface area contributed by atoms with Gasteiger partial charge in [0, 0.05) is 6.20 Å². The summed E-state index contributed by atoms with van der Waals surface area (Å²) in [6, 6.07) is 2.14. The fraction of sp³-hybridized carbons (Fsp3) is 0.852. The lowest BCUT2D eigenvalue weighted by Crippen LogP contribution is -2.53. The summed E-state index contributed by atoms with van der Waals surface area (Å²) >= 11 is 0. The largest absolute Gasteiger partial charge is 0.390 e. The summed E-state index contributed by atoms with van der Waals surface area (Å²) in [5.41, 5.74) is -0.501. The minimum atomic E-state index is -0.825. The second kappa shape index (κ2) is 7.84. The van der Waals surface area contributed by atoms with Crippen LogP contribution >= 0.6 is 0 Å². The minimum absolute atomic E-state index is 0.182. The van der Waals surface area contributed by atoms with Gasteiger partial charge in [0.15, 0.2) is 0 Å². The lowest BCUT2D eigenvalue weighted by molar-refractivity contribution is -0.129. The van der Waals surface area contributed by atoms with Crippen molar-refractivity contribution in [1.29, 1.82) is 5.26 Å². The third-order valence-electron chi connectivity index (χ3n) is 10.8. The van der Waals surface area contributed by atoms with Crippen LogP contribution in [0.3, 0.4) is 0 Å². The molecule has 0 aliphatic heterocycles. The van der Waals surface area contributed by atoms with Crippen molar-refractivity contribution in [2.45, 2.75) is 103 Å². The first kappa shape index (κ1) is 22.4. The van der Waals surface area contributed by atoms with Gasteiger partial charge in [-0.2, -0.15) is 10.4 Å². The molecule has 0 aromatic carbocycles. The molecular formula is C27H41N3O2. The molecule has 5 heteroatoms. The van der Waals surface area contributed by atoms with Gasteiger partial charge in [0.05, 0.1) is 29.5 Å². The molecule has 1 aromatic rings. The zero-order valence-corrected chi connectivity index (χ0v) is 20.1. The van der Waals surface area contributed by atoms with Gasteiger partial charge < -0.3 is 10.2 Å². The summed E-state index contributed by atoms with van der Waals surface area (Å²) in [5, 5.41) is 36.0. The summed E-state index contributed by atoms with van der Waals surface area (Å²) < 4.78 is 1.75. The molecule has 0 unspecified atom stereocenters. The predicted octanol–water partition coefficient (Wildman–Crippen LogP) is 4.92. The molecule has 4 fully saturated rings. The Morgan fingerprint density at radius 1 is 1.16 bits per heavy atom. The van der Waals surface area contributed by atoms with E-state index in [2.05, 4.69) is 25.0 Å². The molecule has 5 rings (SSSR count). The second-order valence-corrected chi connectivity index (χ2v) is 12.3. The lowest BCUT2D eigenvalue weighted by atomic mass is 9.48. The van der Waals surface area contributed by atoms with Gasteiger partial charge in [-0.1, -0.05) is 13.8 Å². The maximum atomic E-state index is 11.7. The van der Waals surface area contributed by atoms with Crippen molar-refractivity contribution in [3.05, 3.63) is 18.0 Å². The normalized spacial score (nSPS) is 45.2. The summed E-state index contributed by atoms with van der Waals surface area (Å²) in [6.45, 7) is 7.06. The van der Waals surface area contributed by atoms with Gasteiger partial charge in [0.2, 0.25) is 0 Å². The summed E-state index contributed by atoms with van der Waals surface area (Å²) in [5.74, 6) is 4.11. The molecule has 5 nitrogen and oxygen atoms in total. The molecule has 4 aliphatic rings. The molecule has 1 aromatic heterocycles. The van der Waals surface area contributed by atoms with Crippen LogP contribution in [-0.4, -0.2) is 31.2 Å². The summed E-state index contributed by atoms with van der Waals surface area (Å²) in [4.78, 5) is 0. The van der Waals surface area contributed by atoms with Gasteiger partial charge in [-0.05, 0) is 112 Å². The maximum absolute atomic E-state index is 11.7. The van der Waals surface area contributed by atoms with Gasteiger partial charge >= 0.3 is 0 Å². The number of aromatic nitrogens is 2. The van der Waals surface area contributed by atoms with Gasteiger partial charge in [-0.15, -0.1) is 0 Å². The van der Waals surface area contributed by atoms with Crippen molar-refractivity contribution in [3.8, 4) is 6.07 Å². The third-order valence-corrected chi connectivity index (χ3v) is 10.8. The highest BCUT2D eigenvalue weighted by Gasteiger charge is 2.60. The third kappa shape index (κ3) is 3.53. The lowest BCUT2D eigenvalue weighted by Gasteiger charge is -2.58. The molecule has 0 bridgehead atoms. The first-order chi connectivity index (χ1) is 15.2. The van der Waals surface area contributed by atoms with E-state index in [-0.39, 0.29) is 11.3 Å². The van der Waals surface area contributed by atoms with Crippen LogP contribution in [0, 0.1) is 52.3 Å². The number of fused-ring (bicyclic) bond motifs is 5. The number of rotatable bonds is 4. The van der Waals surface area contributed by atoms with E-state index in [4.69, 9.17) is 5.26 Å². The van der Waals surface area contributed by atoms with Crippen molar-refractivity contribution in [2.75, 3.05) is 0 Å². The van der Waals surface area contributed by atoms with Crippen LogP contribution in [0.2, 0.25) is 0 Å². The molecule has 32 heavy (non-hydrogen) atoms. The number of nitriles is 1. The Bertz CT molecular complexity index is 888. The van der Waals surface area contributed by atoms with E-state index in [1.54, 1.807) is 17.1 Å². The van der Waals surface area contributed by atoms with Crippen LogP contribution in [0.5, 0.6) is 0 Å². The van der Waals surface area contributed by atoms with Crippen LogP contribution in [-0.2, 0) is 6.54 Å². The molecule has 4 saturated carbocycles. The first-order valence-corrected chi connectivity index (χ1v) is 13.1. The second-order valence-electron chi connectivity index (χ2n) is 12.3. The zero-order chi connectivity index (χ0) is 22.7. The number of hydrogen-bond donors (Lipinski definition) is 2. The molecule has 1 heterocycles. The van der Waals surface area contributed by atoms with E-state index in [9.17, 15) is 10.2 Å². The van der Waals surface area contributed by atoms with Crippen LogP contribution in [0.1, 0.15) is 90.5 Å². The average molecular weight is 440 g/mol. The van der Waals surface area contributed by atoms with E-state index >= 15 is 0 Å². The molecule has 4 aliphatic carbocycles.